The summed E-state index contributed by atoms with van der Waals surface area (Å²) in [7, 11) is 0. The van der Waals surface area contributed by atoms with Crippen LogP contribution in [0.3, 0.4) is 0 Å². The van der Waals surface area contributed by atoms with E-state index in [2.05, 4.69) is 10.3 Å². The van der Waals surface area contributed by atoms with Gasteiger partial charge in [0, 0.05) is 11.6 Å². The van der Waals surface area contributed by atoms with E-state index in [-0.39, 0.29) is 17.5 Å². The first-order chi connectivity index (χ1) is 12.5. The SMILES string of the molecule is Cc1nc2ccccc2c(=O)n1-c1ccc(C(=O)NC(C)C2CC2)cc1. The fourth-order valence-electron chi connectivity index (χ4n) is 3.31. The second kappa shape index (κ2) is 6.41. The monoisotopic (exact) mass is 347 g/mol. The third kappa shape index (κ3) is 3.01. The largest absolute Gasteiger partial charge is 0.349 e. The number of amides is 1. The van der Waals surface area contributed by atoms with Crippen LogP contribution in [0.4, 0.5) is 0 Å². The molecular formula is C21H21N3O2. The van der Waals surface area contributed by atoms with E-state index in [1.54, 1.807) is 34.9 Å². The van der Waals surface area contributed by atoms with Gasteiger partial charge in [0.1, 0.15) is 5.82 Å². The summed E-state index contributed by atoms with van der Waals surface area (Å²) in [6.45, 7) is 3.86. The molecule has 1 heterocycles. The molecular weight excluding hydrogens is 326 g/mol. The molecule has 1 aromatic heterocycles. The molecule has 0 spiro atoms. The number of aryl methyl sites for hydroxylation is 1. The molecule has 5 heteroatoms. The predicted molar refractivity (Wildman–Crippen MR) is 102 cm³/mol. The van der Waals surface area contributed by atoms with Gasteiger partial charge in [-0.2, -0.15) is 0 Å². The maximum Gasteiger partial charge on any atom is 0.265 e. The Morgan fingerprint density at radius 3 is 2.54 bits per heavy atom. The van der Waals surface area contributed by atoms with Gasteiger partial charge in [-0.25, -0.2) is 4.98 Å². The van der Waals surface area contributed by atoms with E-state index in [9.17, 15) is 9.59 Å². The van der Waals surface area contributed by atoms with Gasteiger partial charge in [0.25, 0.3) is 11.5 Å². The molecule has 3 aromatic rings. The highest BCUT2D eigenvalue weighted by molar-refractivity contribution is 5.94. The minimum absolute atomic E-state index is 0.0725. The standard InChI is InChI=1S/C21H21N3O2/c1-13(15-7-8-15)22-20(25)16-9-11-17(12-10-16)24-14(2)23-19-6-4-3-5-18(19)21(24)26/h3-6,9-13,15H,7-8H2,1-2H3,(H,22,25). The summed E-state index contributed by atoms with van der Waals surface area (Å²) in [6, 6.07) is 14.6. The van der Waals surface area contributed by atoms with Gasteiger partial charge in [0.15, 0.2) is 0 Å². The van der Waals surface area contributed by atoms with Crippen molar-refractivity contribution in [1.82, 2.24) is 14.9 Å². The molecule has 1 saturated carbocycles. The number of hydrogen-bond donors (Lipinski definition) is 1. The molecule has 0 saturated heterocycles. The summed E-state index contributed by atoms with van der Waals surface area (Å²) in [5.74, 6) is 1.16. The van der Waals surface area contributed by atoms with Crippen LogP contribution in [0.1, 0.15) is 35.9 Å². The zero-order valence-corrected chi connectivity index (χ0v) is 14.9. The molecule has 0 aliphatic heterocycles. The Hall–Kier alpha value is -2.95. The average molecular weight is 347 g/mol. The molecule has 0 radical (unpaired) electrons. The molecule has 4 rings (SSSR count). The van der Waals surface area contributed by atoms with Crippen LogP contribution in [0.25, 0.3) is 16.6 Å². The van der Waals surface area contributed by atoms with E-state index in [0.29, 0.717) is 33.9 Å². The van der Waals surface area contributed by atoms with Crippen molar-refractivity contribution < 1.29 is 4.79 Å². The van der Waals surface area contributed by atoms with E-state index in [1.807, 2.05) is 32.0 Å². The number of aromatic nitrogens is 2. The van der Waals surface area contributed by atoms with Crippen molar-refractivity contribution in [2.75, 3.05) is 0 Å². The lowest BCUT2D eigenvalue weighted by atomic mass is 10.1. The highest BCUT2D eigenvalue weighted by Crippen LogP contribution is 2.32. The van der Waals surface area contributed by atoms with Crippen LogP contribution in [-0.2, 0) is 0 Å². The average Bonchev–Trinajstić information content (AvgIpc) is 3.47. The lowest BCUT2D eigenvalue weighted by Gasteiger charge is -2.14. The number of fused-ring (bicyclic) bond motifs is 1. The van der Waals surface area contributed by atoms with Crippen LogP contribution >= 0.6 is 0 Å². The first-order valence-corrected chi connectivity index (χ1v) is 8.94. The summed E-state index contributed by atoms with van der Waals surface area (Å²) in [6.07, 6.45) is 2.38. The fourth-order valence-corrected chi connectivity index (χ4v) is 3.31. The summed E-state index contributed by atoms with van der Waals surface area (Å²) in [5, 5.41) is 3.63. The minimum Gasteiger partial charge on any atom is -0.349 e. The van der Waals surface area contributed by atoms with Gasteiger partial charge < -0.3 is 5.32 Å². The third-order valence-electron chi connectivity index (χ3n) is 5.02. The highest BCUT2D eigenvalue weighted by atomic mass is 16.1. The molecule has 26 heavy (non-hydrogen) atoms. The minimum atomic E-state index is -0.104. The van der Waals surface area contributed by atoms with Crippen molar-refractivity contribution in [2.24, 2.45) is 5.92 Å². The number of nitrogens with zero attached hydrogens (tertiary/aromatic N) is 2. The molecule has 1 amide bonds. The van der Waals surface area contributed by atoms with E-state index in [4.69, 9.17) is 0 Å². The Balaban J connectivity index is 1.66. The van der Waals surface area contributed by atoms with E-state index >= 15 is 0 Å². The van der Waals surface area contributed by atoms with Crippen molar-refractivity contribution in [1.29, 1.82) is 0 Å². The predicted octanol–water partition coefficient (Wildman–Crippen LogP) is 3.22. The smallest absolute Gasteiger partial charge is 0.265 e. The molecule has 1 aliphatic rings. The van der Waals surface area contributed by atoms with Crippen LogP contribution in [-0.4, -0.2) is 21.5 Å². The van der Waals surface area contributed by atoms with Gasteiger partial charge in [-0.15, -0.1) is 0 Å². The van der Waals surface area contributed by atoms with Crippen LogP contribution in [0.15, 0.2) is 53.3 Å². The highest BCUT2D eigenvalue weighted by Gasteiger charge is 2.29. The fraction of sp³-hybridized carbons (Fsp3) is 0.286. The van der Waals surface area contributed by atoms with Gasteiger partial charge in [0.05, 0.1) is 16.6 Å². The van der Waals surface area contributed by atoms with Crippen LogP contribution < -0.4 is 10.9 Å². The van der Waals surface area contributed by atoms with Crippen molar-refractivity contribution in [2.45, 2.75) is 32.7 Å². The summed E-state index contributed by atoms with van der Waals surface area (Å²) >= 11 is 0. The Morgan fingerprint density at radius 2 is 1.85 bits per heavy atom. The van der Waals surface area contributed by atoms with Crippen molar-refractivity contribution in [3.63, 3.8) is 0 Å². The lowest BCUT2D eigenvalue weighted by molar-refractivity contribution is 0.0936. The Labute approximate surface area is 151 Å². The van der Waals surface area contributed by atoms with E-state index < -0.39 is 0 Å². The molecule has 1 unspecified atom stereocenters. The lowest BCUT2D eigenvalue weighted by Crippen LogP contribution is -2.34. The third-order valence-corrected chi connectivity index (χ3v) is 5.02. The number of para-hydroxylation sites is 1. The molecule has 1 N–H and O–H groups in total. The zero-order valence-electron chi connectivity index (χ0n) is 14.9. The normalized spacial score (nSPS) is 15.0. The van der Waals surface area contributed by atoms with Gasteiger partial charge >= 0.3 is 0 Å². The Kier molecular flexibility index (Phi) is 4.07. The second-order valence-electron chi connectivity index (χ2n) is 6.96. The maximum atomic E-state index is 12.8. The van der Waals surface area contributed by atoms with Crippen LogP contribution in [0.2, 0.25) is 0 Å². The van der Waals surface area contributed by atoms with Crippen LogP contribution in [0, 0.1) is 12.8 Å². The number of carbonyl (C=O) groups is 1. The van der Waals surface area contributed by atoms with Crippen molar-refractivity contribution in [3.8, 4) is 5.69 Å². The number of benzene rings is 2. The summed E-state index contributed by atoms with van der Waals surface area (Å²) in [4.78, 5) is 29.7. The van der Waals surface area contributed by atoms with E-state index in [1.165, 1.54) is 12.8 Å². The molecule has 132 valence electrons. The number of hydrogen-bond acceptors (Lipinski definition) is 3. The summed E-state index contributed by atoms with van der Waals surface area (Å²) in [5.41, 5.74) is 1.89. The first kappa shape index (κ1) is 16.5. The number of rotatable bonds is 4. The number of nitrogens with one attached hydrogen (secondary N) is 1. The van der Waals surface area contributed by atoms with Crippen molar-refractivity contribution >= 4 is 16.8 Å². The molecule has 5 nitrogen and oxygen atoms in total. The Morgan fingerprint density at radius 1 is 1.15 bits per heavy atom. The van der Waals surface area contributed by atoms with Gasteiger partial charge in [-0.1, -0.05) is 12.1 Å². The molecule has 0 bridgehead atoms. The van der Waals surface area contributed by atoms with Gasteiger partial charge in [-0.05, 0) is 69.0 Å². The Bertz CT molecular complexity index is 1030. The zero-order chi connectivity index (χ0) is 18.3. The topological polar surface area (TPSA) is 64.0 Å². The molecule has 1 aliphatic carbocycles. The maximum absolute atomic E-state index is 12.8. The van der Waals surface area contributed by atoms with Crippen LogP contribution in [0.5, 0.6) is 0 Å². The molecule has 1 fully saturated rings. The second-order valence-corrected chi connectivity index (χ2v) is 6.96. The first-order valence-electron chi connectivity index (χ1n) is 8.94. The number of carbonyl (C=O) groups excluding carboxylic acids is 1. The van der Waals surface area contributed by atoms with Gasteiger partial charge in [-0.3, -0.25) is 14.2 Å². The molecule has 2 aromatic carbocycles. The van der Waals surface area contributed by atoms with E-state index in [0.717, 1.165) is 0 Å². The quantitative estimate of drug-likeness (QED) is 0.788. The van der Waals surface area contributed by atoms with Gasteiger partial charge in [0.2, 0.25) is 0 Å². The summed E-state index contributed by atoms with van der Waals surface area (Å²) < 4.78 is 1.58. The molecule has 1 atom stereocenters. The van der Waals surface area contributed by atoms with Crippen molar-refractivity contribution in [3.05, 3.63) is 70.3 Å².